The number of rotatable bonds is 1. The Morgan fingerprint density at radius 2 is 2.23 bits per heavy atom. The number of aromatic amines is 1. The molecule has 0 aliphatic carbocycles. The van der Waals surface area contributed by atoms with Gasteiger partial charge in [0.25, 0.3) is 0 Å². The van der Waals surface area contributed by atoms with Gasteiger partial charge >= 0.3 is 0 Å². The van der Waals surface area contributed by atoms with E-state index in [9.17, 15) is 0 Å². The number of nitrogens with one attached hydrogen (secondary N) is 1. The maximum atomic E-state index is 5.14. The minimum absolute atomic E-state index is 0.781. The summed E-state index contributed by atoms with van der Waals surface area (Å²) in [6.07, 6.45) is 1.06. The van der Waals surface area contributed by atoms with Crippen molar-refractivity contribution >= 4 is 23.3 Å². The normalized spacial score (nSPS) is 10.9. The number of nitrogens with zero attached hydrogens (tertiary/aromatic N) is 1. The van der Waals surface area contributed by atoms with Gasteiger partial charge in [-0.15, -0.1) is 0 Å². The molecular weight excluding hydrogens is 180 g/mol. The number of hydrogen-bond acceptors (Lipinski definition) is 1. The van der Waals surface area contributed by atoms with Crippen LogP contribution in [0, 0.1) is 4.77 Å². The molecule has 0 spiro atoms. The Labute approximate surface area is 82.2 Å². The molecule has 2 rings (SSSR count). The number of fused-ring (bicyclic) bond motifs is 1. The van der Waals surface area contributed by atoms with E-state index in [1.165, 1.54) is 11.1 Å². The van der Waals surface area contributed by atoms with Crippen LogP contribution in [0.2, 0.25) is 0 Å². The van der Waals surface area contributed by atoms with Crippen LogP contribution in [-0.2, 0) is 13.5 Å². The monoisotopic (exact) mass is 192 g/mol. The third kappa shape index (κ3) is 1.29. The number of benzene rings is 1. The minimum Gasteiger partial charge on any atom is -0.331 e. The average Bonchev–Trinajstić information content (AvgIpc) is 2.43. The lowest BCUT2D eigenvalue weighted by molar-refractivity contribution is 0.925. The van der Waals surface area contributed by atoms with Crippen LogP contribution in [0.4, 0.5) is 0 Å². The molecule has 0 unspecified atom stereocenters. The fraction of sp³-hybridized carbons (Fsp3) is 0.300. The maximum Gasteiger partial charge on any atom is 0.177 e. The summed E-state index contributed by atoms with van der Waals surface area (Å²) in [5.74, 6) is 0. The highest BCUT2D eigenvalue weighted by Gasteiger charge is 2.00. The molecule has 0 aliphatic rings. The standard InChI is InChI=1S/C10H12N2S/c1-3-7-4-5-8-9(6-7)12(2)10(13)11-8/h4-6H,3H2,1-2H3,(H,11,13). The molecule has 1 N–H and O–H groups in total. The Kier molecular flexibility index (Phi) is 1.96. The van der Waals surface area contributed by atoms with E-state index in [0.717, 1.165) is 16.7 Å². The molecule has 0 saturated heterocycles. The molecule has 1 heterocycles. The number of aromatic nitrogens is 2. The van der Waals surface area contributed by atoms with Crippen LogP contribution in [-0.4, -0.2) is 9.55 Å². The summed E-state index contributed by atoms with van der Waals surface area (Å²) in [6, 6.07) is 6.40. The van der Waals surface area contributed by atoms with E-state index in [2.05, 4.69) is 30.1 Å². The van der Waals surface area contributed by atoms with Gasteiger partial charge in [-0.05, 0) is 36.3 Å². The smallest absolute Gasteiger partial charge is 0.177 e. The molecule has 68 valence electrons. The van der Waals surface area contributed by atoms with Crippen molar-refractivity contribution in [2.75, 3.05) is 0 Å². The zero-order chi connectivity index (χ0) is 9.42. The van der Waals surface area contributed by atoms with E-state index in [1.807, 2.05) is 11.6 Å². The van der Waals surface area contributed by atoms with E-state index in [1.54, 1.807) is 0 Å². The summed E-state index contributed by atoms with van der Waals surface area (Å²) in [5.41, 5.74) is 3.64. The van der Waals surface area contributed by atoms with E-state index in [0.29, 0.717) is 0 Å². The first kappa shape index (κ1) is 8.51. The number of H-pyrrole nitrogens is 1. The Balaban J connectivity index is 2.82. The Bertz CT molecular complexity index is 493. The van der Waals surface area contributed by atoms with Crippen LogP contribution < -0.4 is 0 Å². The van der Waals surface area contributed by atoms with Crippen molar-refractivity contribution in [3.8, 4) is 0 Å². The van der Waals surface area contributed by atoms with Gasteiger partial charge < -0.3 is 9.55 Å². The molecule has 0 atom stereocenters. The van der Waals surface area contributed by atoms with Gasteiger partial charge in [0.05, 0.1) is 11.0 Å². The first-order valence-electron chi connectivity index (χ1n) is 4.40. The molecule has 1 aromatic heterocycles. The fourth-order valence-corrected chi connectivity index (χ4v) is 1.70. The number of hydrogen-bond donors (Lipinski definition) is 1. The zero-order valence-electron chi connectivity index (χ0n) is 7.79. The lowest BCUT2D eigenvalue weighted by atomic mass is 10.1. The molecule has 2 aromatic rings. The summed E-state index contributed by atoms with van der Waals surface area (Å²) in [5, 5.41) is 0. The molecule has 2 nitrogen and oxygen atoms in total. The molecule has 0 saturated carbocycles. The third-order valence-electron chi connectivity index (χ3n) is 2.38. The summed E-state index contributed by atoms with van der Waals surface area (Å²) in [4.78, 5) is 3.16. The number of aryl methyl sites for hydroxylation is 2. The van der Waals surface area contributed by atoms with Crippen LogP contribution in [0.5, 0.6) is 0 Å². The van der Waals surface area contributed by atoms with Gasteiger partial charge in [0.15, 0.2) is 4.77 Å². The topological polar surface area (TPSA) is 20.7 Å². The molecule has 13 heavy (non-hydrogen) atoms. The lowest BCUT2D eigenvalue weighted by Crippen LogP contribution is -1.87. The largest absolute Gasteiger partial charge is 0.331 e. The van der Waals surface area contributed by atoms with Gasteiger partial charge in [0.1, 0.15) is 0 Å². The SMILES string of the molecule is CCc1ccc2[nH]c(=S)n(C)c2c1. The molecule has 0 radical (unpaired) electrons. The van der Waals surface area contributed by atoms with Gasteiger partial charge in [0, 0.05) is 7.05 Å². The van der Waals surface area contributed by atoms with Crippen LogP contribution in [0.25, 0.3) is 11.0 Å². The summed E-state index contributed by atoms with van der Waals surface area (Å²) in [6.45, 7) is 2.16. The van der Waals surface area contributed by atoms with Gasteiger partial charge in [-0.2, -0.15) is 0 Å². The van der Waals surface area contributed by atoms with Gasteiger partial charge in [-0.3, -0.25) is 0 Å². The van der Waals surface area contributed by atoms with Crippen molar-refractivity contribution in [3.05, 3.63) is 28.5 Å². The molecule has 0 aliphatic heterocycles. The molecule has 1 aromatic carbocycles. The van der Waals surface area contributed by atoms with Crippen molar-refractivity contribution < 1.29 is 0 Å². The molecule has 3 heteroatoms. The molecular formula is C10H12N2S. The van der Waals surface area contributed by atoms with E-state index in [-0.39, 0.29) is 0 Å². The van der Waals surface area contributed by atoms with Crippen LogP contribution >= 0.6 is 12.2 Å². The van der Waals surface area contributed by atoms with E-state index in [4.69, 9.17) is 12.2 Å². The summed E-state index contributed by atoms with van der Waals surface area (Å²) in [7, 11) is 1.99. The quantitative estimate of drug-likeness (QED) is 0.689. The molecule has 0 fully saturated rings. The Morgan fingerprint density at radius 1 is 1.46 bits per heavy atom. The second-order valence-corrected chi connectivity index (χ2v) is 3.58. The van der Waals surface area contributed by atoms with Crippen molar-refractivity contribution in [1.82, 2.24) is 9.55 Å². The lowest BCUT2D eigenvalue weighted by Gasteiger charge is -1.97. The van der Waals surface area contributed by atoms with Gasteiger partial charge in [-0.1, -0.05) is 13.0 Å². The van der Waals surface area contributed by atoms with E-state index >= 15 is 0 Å². The van der Waals surface area contributed by atoms with Gasteiger partial charge in [0.2, 0.25) is 0 Å². The average molecular weight is 192 g/mol. The van der Waals surface area contributed by atoms with Crippen LogP contribution in [0.15, 0.2) is 18.2 Å². The van der Waals surface area contributed by atoms with Crippen molar-refractivity contribution in [1.29, 1.82) is 0 Å². The highest BCUT2D eigenvalue weighted by molar-refractivity contribution is 7.71. The third-order valence-corrected chi connectivity index (χ3v) is 2.75. The molecule has 0 bridgehead atoms. The second-order valence-electron chi connectivity index (χ2n) is 3.19. The molecule has 0 amide bonds. The number of imidazole rings is 1. The van der Waals surface area contributed by atoms with Crippen molar-refractivity contribution in [2.24, 2.45) is 7.05 Å². The predicted octanol–water partition coefficient (Wildman–Crippen LogP) is 2.80. The minimum atomic E-state index is 0.781. The summed E-state index contributed by atoms with van der Waals surface area (Å²) >= 11 is 5.14. The Hall–Kier alpha value is -1.09. The summed E-state index contributed by atoms with van der Waals surface area (Å²) < 4.78 is 2.78. The van der Waals surface area contributed by atoms with Crippen molar-refractivity contribution in [2.45, 2.75) is 13.3 Å². The van der Waals surface area contributed by atoms with Crippen LogP contribution in [0.3, 0.4) is 0 Å². The first-order valence-corrected chi connectivity index (χ1v) is 4.81. The first-order chi connectivity index (χ1) is 6.22. The maximum absolute atomic E-state index is 5.14. The van der Waals surface area contributed by atoms with E-state index < -0.39 is 0 Å². The van der Waals surface area contributed by atoms with Crippen molar-refractivity contribution in [3.63, 3.8) is 0 Å². The Morgan fingerprint density at radius 3 is 2.92 bits per heavy atom. The second kappa shape index (κ2) is 3.00. The van der Waals surface area contributed by atoms with Crippen LogP contribution in [0.1, 0.15) is 12.5 Å². The predicted molar refractivity (Wildman–Crippen MR) is 57.5 cm³/mol. The highest BCUT2D eigenvalue weighted by atomic mass is 32.1. The van der Waals surface area contributed by atoms with Gasteiger partial charge in [-0.25, -0.2) is 0 Å². The highest BCUT2D eigenvalue weighted by Crippen LogP contribution is 2.15. The fourth-order valence-electron chi connectivity index (χ4n) is 1.49. The zero-order valence-corrected chi connectivity index (χ0v) is 8.61.